The van der Waals surface area contributed by atoms with E-state index in [-0.39, 0.29) is 5.92 Å². The summed E-state index contributed by atoms with van der Waals surface area (Å²) >= 11 is 0. The van der Waals surface area contributed by atoms with Gasteiger partial charge >= 0.3 is 5.97 Å². The average molecular weight is 524 g/mol. The lowest BCUT2D eigenvalue weighted by Gasteiger charge is -2.20. The number of esters is 1. The van der Waals surface area contributed by atoms with Crippen LogP contribution in [0, 0.1) is 5.92 Å². The topological polar surface area (TPSA) is 84.9 Å². The van der Waals surface area contributed by atoms with E-state index in [1.165, 1.54) is 6.08 Å². The summed E-state index contributed by atoms with van der Waals surface area (Å²) in [6.45, 7) is 8.93. The maximum absolute atomic E-state index is 12.8. The zero-order valence-electron chi connectivity index (χ0n) is 22.6. The van der Waals surface area contributed by atoms with Crippen molar-refractivity contribution in [3.8, 4) is 5.75 Å². The van der Waals surface area contributed by atoms with E-state index < -0.39 is 32.1 Å². The highest BCUT2D eigenvalue weighted by molar-refractivity contribution is 6.76. The highest BCUT2D eigenvalue weighted by Gasteiger charge is 2.23. The quantitative estimate of drug-likeness (QED) is 0.200. The molecule has 0 aliphatic rings. The first-order valence-corrected chi connectivity index (χ1v) is 16.5. The fraction of sp³-hybridized carbons (Fsp3) is 0.400. The summed E-state index contributed by atoms with van der Waals surface area (Å²) in [5.74, 6) is -0.218. The fourth-order valence-electron chi connectivity index (χ4n) is 3.45. The van der Waals surface area contributed by atoms with E-state index in [2.05, 4.69) is 25.0 Å². The Labute approximate surface area is 222 Å². The van der Waals surface area contributed by atoms with Crippen LogP contribution in [0.2, 0.25) is 25.7 Å². The molecule has 7 heteroatoms. The van der Waals surface area contributed by atoms with Crippen LogP contribution in [0.25, 0.3) is 6.08 Å². The first-order valence-electron chi connectivity index (χ1n) is 12.8. The minimum Gasteiger partial charge on any atom is -0.497 e. The smallest absolute Gasteiger partial charge is 0.328 e. The molecule has 2 N–H and O–H groups in total. The van der Waals surface area contributed by atoms with Gasteiger partial charge in [0.05, 0.1) is 19.8 Å². The largest absolute Gasteiger partial charge is 0.497 e. The Morgan fingerprint density at radius 1 is 1.05 bits per heavy atom. The molecule has 0 aliphatic heterocycles. The van der Waals surface area contributed by atoms with Gasteiger partial charge < -0.3 is 19.9 Å². The molecule has 0 fully saturated rings. The Bertz CT molecular complexity index is 1030. The normalized spacial score (nSPS) is 14.3. The average Bonchev–Trinajstić information content (AvgIpc) is 2.87. The molecule has 0 spiro atoms. The van der Waals surface area contributed by atoms with Crippen molar-refractivity contribution in [3.05, 3.63) is 84.0 Å². The molecule has 37 heavy (non-hydrogen) atoms. The van der Waals surface area contributed by atoms with Gasteiger partial charge in [-0.3, -0.25) is 4.79 Å². The Balaban J connectivity index is 1.95. The number of ether oxygens (including phenoxy) is 2. The van der Waals surface area contributed by atoms with Crippen molar-refractivity contribution < 1.29 is 24.2 Å². The molecule has 3 atom stereocenters. The third kappa shape index (κ3) is 12.1. The van der Waals surface area contributed by atoms with E-state index in [0.717, 1.165) is 22.9 Å². The molecule has 0 saturated heterocycles. The van der Waals surface area contributed by atoms with Gasteiger partial charge in [-0.05, 0) is 41.8 Å². The highest BCUT2D eigenvalue weighted by Crippen LogP contribution is 2.15. The van der Waals surface area contributed by atoms with Gasteiger partial charge in [-0.25, -0.2) is 4.79 Å². The monoisotopic (exact) mass is 523 g/mol. The molecule has 0 saturated carbocycles. The maximum Gasteiger partial charge on any atom is 0.328 e. The summed E-state index contributed by atoms with van der Waals surface area (Å²) in [5, 5.41) is 13.2. The van der Waals surface area contributed by atoms with Crippen LogP contribution in [0.15, 0.2) is 72.8 Å². The standard InChI is InChI=1S/C30H41NO5Si/c1-23(14-15-24-10-7-6-8-11-24)28(32)12-9-13-29(33)31-27(30(34)36-20-21-37(3,4)5)22-25-16-18-26(35-2)19-17-25/h6-11,13-19,23,27-28,32H,12,20-22H2,1-5H3,(H,31,33)/b13-9+,15-14+/t23-,27-,28+/m1/s1. The molecule has 2 aromatic carbocycles. The molecular formula is C30H41NO5Si. The second-order valence-corrected chi connectivity index (χ2v) is 16.0. The lowest BCUT2D eigenvalue weighted by Crippen LogP contribution is -2.43. The minimum atomic E-state index is -1.36. The second kappa shape index (κ2) is 15.2. The van der Waals surface area contributed by atoms with Crippen LogP contribution in [-0.2, 0) is 20.7 Å². The number of methoxy groups -OCH3 is 1. The lowest BCUT2D eigenvalue weighted by molar-refractivity contribution is -0.147. The Morgan fingerprint density at radius 3 is 2.35 bits per heavy atom. The van der Waals surface area contributed by atoms with Crippen LogP contribution in [0.3, 0.4) is 0 Å². The first-order chi connectivity index (χ1) is 17.6. The minimum absolute atomic E-state index is 0.0860. The second-order valence-electron chi connectivity index (χ2n) is 10.4. The molecule has 0 aromatic heterocycles. The van der Waals surface area contributed by atoms with Crippen LogP contribution in [0.1, 0.15) is 24.5 Å². The number of carbonyl (C=O) groups excluding carboxylic acids is 2. The summed E-state index contributed by atoms with van der Waals surface area (Å²) < 4.78 is 10.7. The van der Waals surface area contributed by atoms with Crippen LogP contribution >= 0.6 is 0 Å². The van der Waals surface area contributed by atoms with E-state index in [1.807, 2.05) is 73.7 Å². The third-order valence-corrected chi connectivity index (χ3v) is 7.65. The SMILES string of the molecule is COc1ccc(C[C@@H](NC(=O)/C=C/C[C@H](O)[C@H](C)/C=C/c2ccccc2)C(=O)OCC[Si](C)(C)C)cc1. The van der Waals surface area contributed by atoms with Crippen molar-refractivity contribution in [2.45, 2.75) is 57.6 Å². The van der Waals surface area contributed by atoms with E-state index in [4.69, 9.17) is 9.47 Å². The molecule has 6 nitrogen and oxygen atoms in total. The number of hydrogen-bond donors (Lipinski definition) is 2. The Morgan fingerprint density at radius 2 is 1.73 bits per heavy atom. The first kappa shape index (κ1) is 30.1. The molecule has 1 amide bonds. The van der Waals surface area contributed by atoms with E-state index >= 15 is 0 Å². The molecule has 0 heterocycles. The van der Waals surface area contributed by atoms with Crippen molar-refractivity contribution in [2.75, 3.05) is 13.7 Å². The van der Waals surface area contributed by atoms with E-state index in [9.17, 15) is 14.7 Å². The number of nitrogens with one attached hydrogen (secondary N) is 1. The molecule has 2 rings (SSSR count). The van der Waals surface area contributed by atoms with Gasteiger partial charge in [0.25, 0.3) is 0 Å². The maximum atomic E-state index is 12.8. The van der Waals surface area contributed by atoms with E-state index in [1.54, 1.807) is 13.2 Å². The predicted molar refractivity (Wildman–Crippen MR) is 152 cm³/mol. The number of carbonyl (C=O) groups is 2. The third-order valence-electron chi connectivity index (χ3n) is 5.94. The van der Waals surface area contributed by atoms with Crippen molar-refractivity contribution in [1.82, 2.24) is 5.32 Å². The number of amides is 1. The summed E-state index contributed by atoms with van der Waals surface area (Å²) in [6, 6.07) is 17.3. The molecular weight excluding hydrogens is 482 g/mol. The van der Waals surface area contributed by atoms with Crippen molar-refractivity contribution >= 4 is 26.0 Å². The van der Waals surface area contributed by atoms with Crippen molar-refractivity contribution in [2.24, 2.45) is 5.92 Å². The van der Waals surface area contributed by atoms with Gasteiger partial charge in [0.15, 0.2) is 0 Å². The molecule has 0 unspecified atom stereocenters. The van der Waals surface area contributed by atoms with Crippen LogP contribution < -0.4 is 10.1 Å². The van der Waals surface area contributed by atoms with Gasteiger partial charge in [-0.2, -0.15) is 0 Å². The zero-order valence-corrected chi connectivity index (χ0v) is 23.6. The van der Waals surface area contributed by atoms with Gasteiger partial charge in [0.2, 0.25) is 5.91 Å². The molecule has 0 aliphatic carbocycles. The van der Waals surface area contributed by atoms with Gasteiger partial charge in [0, 0.05) is 20.4 Å². The summed E-state index contributed by atoms with van der Waals surface area (Å²) in [5.41, 5.74) is 1.95. The lowest BCUT2D eigenvalue weighted by atomic mass is 10.00. The van der Waals surface area contributed by atoms with Crippen molar-refractivity contribution in [3.63, 3.8) is 0 Å². The number of hydrogen-bond acceptors (Lipinski definition) is 5. The highest BCUT2D eigenvalue weighted by atomic mass is 28.3. The zero-order chi connectivity index (χ0) is 27.3. The Hall–Kier alpha value is -3.16. The van der Waals surface area contributed by atoms with Crippen molar-refractivity contribution in [1.29, 1.82) is 0 Å². The van der Waals surface area contributed by atoms with Crippen LogP contribution in [0.5, 0.6) is 5.75 Å². The summed E-state index contributed by atoms with van der Waals surface area (Å²) in [4.78, 5) is 25.5. The number of benzene rings is 2. The Kier molecular flexibility index (Phi) is 12.3. The summed E-state index contributed by atoms with van der Waals surface area (Å²) in [6.07, 6.45) is 6.92. The number of rotatable bonds is 14. The molecule has 0 radical (unpaired) electrons. The predicted octanol–water partition coefficient (Wildman–Crippen LogP) is 5.26. The van der Waals surface area contributed by atoms with E-state index in [0.29, 0.717) is 19.4 Å². The molecule has 2 aromatic rings. The molecule has 200 valence electrons. The fourth-order valence-corrected chi connectivity index (χ4v) is 4.17. The van der Waals surface area contributed by atoms with Gasteiger partial charge in [-0.15, -0.1) is 0 Å². The van der Waals surface area contributed by atoms with Gasteiger partial charge in [-0.1, -0.05) is 87.3 Å². The van der Waals surface area contributed by atoms with Crippen LogP contribution in [-0.4, -0.2) is 50.9 Å². The molecule has 0 bridgehead atoms. The van der Waals surface area contributed by atoms with Gasteiger partial charge in [0.1, 0.15) is 11.8 Å². The van der Waals surface area contributed by atoms with Crippen LogP contribution in [0.4, 0.5) is 0 Å². The summed E-state index contributed by atoms with van der Waals surface area (Å²) in [7, 11) is 0.238. The number of aliphatic hydroxyl groups excluding tert-OH is 1. The number of aliphatic hydroxyl groups is 1.